The number of rotatable bonds is 6. The zero-order chi connectivity index (χ0) is 27.7. The first-order valence-corrected chi connectivity index (χ1v) is 14.3. The molecular weight excluding hydrogens is 582 g/mol. The van der Waals surface area contributed by atoms with Crippen molar-refractivity contribution in [1.82, 2.24) is 10.2 Å². The third-order valence-electron chi connectivity index (χ3n) is 6.27. The maximum atomic E-state index is 13.8. The summed E-state index contributed by atoms with van der Waals surface area (Å²) < 4.78 is 14.3. The second kappa shape index (κ2) is 11.4. The summed E-state index contributed by atoms with van der Waals surface area (Å²) in [6, 6.07) is 13.1. The minimum absolute atomic E-state index is 0.0283. The third kappa shape index (κ3) is 5.25. The summed E-state index contributed by atoms with van der Waals surface area (Å²) in [6.07, 6.45) is 1.46. The van der Waals surface area contributed by atoms with E-state index in [1.54, 1.807) is 29.2 Å². The van der Waals surface area contributed by atoms with Crippen molar-refractivity contribution in [3.63, 3.8) is 0 Å². The Morgan fingerprint density at radius 3 is 2.79 bits per heavy atom. The number of hydrogen-bond donors (Lipinski definition) is 2. The minimum atomic E-state index is -0.760. The number of hydrogen-bond acceptors (Lipinski definition) is 9. The number of carbonyl (C=O) groups is 2. The highest BCUT2D eigenvalue weighted by molar-refractivity contribution is 8.01. The number of allylic oxidation sites excluding steroid dienone is 3. The van der Waals surface area contributed by atoms with Crippen LogP contribution >= 0.6 is 46.3 Å². The van der Waals surface area contributed by atoms with Gasteiger partial charge in [0.05, 0.1) is 39.0 Å². The number of benzene rings is 2. The van der Waals surface area contributed by atoms with Crippen LogP contribution < -0.4 is 16.0 Å². The lowest BCUT2D eigenvalue weighted by Gasteiger charge is -2.38. The highest BCUT2D eigenvalue weighted by atomic mass is 35.5. The van der Waals surface area contributed by atoms with Crippen LogP contribution in [0.15, 0.2) is 69.5 Å². The van der Waals surface area contributed by atoms with Gasteiger partial charge in [-0.1, -0.05) is 70.6 Å². The quantitative estimate of drug-likeness (QED) is 0.329. The van der Waals surface area contributed by atoms with Gasteiger partial charge in [-0.05, 0) is 36.6 Å². The number of nitrogens with one attached hydrogen (secondary N) is 1. The number of thioether (sulfide) groups is 1. The summed E-state index contributed by atoms with van der Waals surface area (Å²) in [5.74, 6) is -1.71. The summed E-state index contributed by atoms with van der Waals surface area (Å²) in [5, 5.41) is 22.0. The van der Waals surface area contributed by atoms with Crippen molar-refractivity contribution in [2.24, 2.45) is 5.73 Å². The molecule has 1 aromatic heterocycles. The summed E-state index contributed by atoms with van der Waals surface area (Å²) in [6.45, 7) is 0. The molecule has 0 saturated carbocycles. The lowest BCUT2D eigenvalue weighted by Crippen LogP contribution is -2.38. The van der Waals surface area contributed by atoms with Crippen LogP contribution in [0.3, 0.4) is 0 Å². The number of carbonyl (C=O) groups excluding carboxylic acids is 2. The Labute approximate surface area is 241 Å². The standard InChI is InChI=1S/C26H19Cl2FN6O2S2/c27-15-6-3-5-13(23(15)28)21-14(11-30)24(31)35(18-9-4-10-19(36)22(18)21)25-33-34-26(39-25)38-12-20(37)32-17-8-2-1-7-16(17)29/h1-3,5-8,21H,4,9-10,12,31H2,(H,32,37). The number of nitrogens with two attached hydrogens (primary N) is 1. The normalized spacial score (nSPS) is 17.2. The van der Waals surface area contributed by atoms with Gasteiger partial charge in [0.1, 0.15) is 11.6 Å². The molecule has 1 aliphatic heterocycles. The second-order valence-electron chi connectivity index (χ2n) is 8.63. The molecular formula is C26H19Cl2FN6O2S2. The van der Waals surface area contributed by atoms with Crippen molar-refractivity contribution in [1.29, 1.82) is 5.26 Å². The first-order chi connectivity index (χ1) is 18.8. The molecule has 1 amide bonds. The maximum Gasteiger partial charge on any atom is 0.234 e. The van der Waals surface area contributed by atoms with Gasteiger partial charge in [-0.3, -0.25) is 14.5 Å². The van der Waals surface area contributed by atoms with Gasteiger partial charge >= 0.3 is 0 Å². The van der Waals surface area contributed by atoms with Crippen LogP contribution in [0, 0.1) is 17.1 Å². The molecule has 198 valence electrons. The molecule has 3 N–H and O–H groups in total. The number of Topliss-reactive ketones (excluding diaryl/α,β-unsaturated/α-hetero) is 1. The fourth-order valence-electron chi connectivity index (χ4n) is 4.59. The number of nitriles is 1. The van der Waals surface area contributed by atoms with E-state index in [2.05, 4.69) is 21.6 Å². The molecule has 1 atom stereocenters. The molecule has 13 heteroatoms. The predicted octanol–water partition coefficient (Wildman–Crippen LogP) is 6.02. The van der Waals surface area contributed by atoms with Crippen molar-refractivity contribution in [2.45, 2.75) is 29.5 Å². The van der Waals surface area contributed by atoms with Gasteiger partial charge in [0.15, 0.2) is 10.1 Å². The van der Waals surface area contributed by atoms with E-state index in [-0.39, 0.29) is 33.6 Å². The maximum absolute atomic E-state index is 13.8. The van der Waals surface area contributed by atoms with Crippen LogP contribution in [0.5, 0.6) is 0 Å². The van der Waals surface area contributed by atoms with E-state index in [4.69, 9.17) is 28.9 Å². The Bertz CT molecular complexity index is 1600. The molecule has 39 heavy (non-hydrogen) atoms. The Balaban J connectivity index is 1.45. The fraction of sp³-hybridized carbons (Fsp3) is 0.192. The van der Waals surface area contributed by atoms with Gasteiger partial charge in [-0.25, -0.2) is 4.39 Å². The van der Waals surface area contributed by atoms with Crippen molar-refractivity contribution in [3.8, 4) is 6.07 Å². The SMILES string of the molecule is N#CC1=C(N)N(c2nnc(SCC(=O)Nc3ccccc3F)s2)C2=C(C(=O)CCC2)C1c1cccc(Cl)c1Cl. The number of para-hydroxylation sites is 1. The lowest BCUT2D eigenvalue weighted by molar-refractivity contribution is -0.116. The van der Waals surface area contributed by atoms with Crippen LogP contribution in [-0.4, -0.2) is 27.6 Å². The van der Waals surface area contributed by atoms with E-state index in [1.165, 1.54) is 18.2 Å². The number of amides is 1. The van der Waals surface area contributed by atoms with Crippen LogP contribution in [0.1, 0.15) is 30.7 Å². The van der Waals surface area contributed by atoms with E-state index < -0.39 is 17.6 Å². The minimum Gasteiger partial charge on any atom is -0.384 e. The highest BCUT2D eigenvalue weighted by Gasteiger charge is 2.42. The zero-order valence-electron chi connectivity index (χ0n) is 20.1. The molecule has 3 aromatic rings. The van der Waals surface area contributed by atoms with E-state index in [0.717, 1.165) is 23.1 Å². The molecule has 1 unspecified atom stereocenters. The van der Waals surface area contributed by atoms with Gasteiger partial charge in [-0.2, -0.15) is 5.26 Å². The zero-order valence-corrected chi connectivity index (χ0v) is 23.2. The van der Waals surface area contributed by atoms with Crippen LogP contribution in [-0.2, 0) is 9.59 Å². The molecule has 0 spiro atoms. The first-order valence-electron chi connectivity index (χ1n) is 11.7. The van der Waals surface area contributed by atoms with Gasteiger partial charge in [0.2, 0.25) is 11.0 Å². The summed E-state index contributed by atoms with van der Waals surface area (Å²) >= 11 is 15.1. The highest BCUT2D eigenvalue weighted by Crippen LogP contribution is 2.49. The van der Waals surface area contributed by atoms with Crippen molar-refractivity contribution in [3.05, 3.63) is 86.6 Å². The first kappa shape index (κ1) is 27.1. The van der Waals surface area contributed by atoms with Crippen LogP contribution in [0.4, 0.5) is 15.2 Å². The topological polar surface area (TPSA) is 125 Å². The molecule has 1 aliphatic carbocycles. The molecule has 0 fully saturated rings. The van der Waals surface area contributed by atoms with E-state index in [1.807, 2.05) is 0 Å². The molecule has 2 aliphatic rings. The molecule has 5 rings (SSSR count). The van der Waals surface area contributed by atoms with Crippen molar-refractivity contribution < 1.29 is 14.0 Å². The van der Waals surface area contributed by atoms with Gasteiger partial charge in [0, 0.05) is 17.7 Å². The molecule has 0 saturated heterocycles. The average molecular weight is 602 g/mol. The smallest absolute Gasteiger partial charge is 0.234 e. The average Bonchev–Trinajstić information content (AvgIpc) is 3.38. The number of nitrogens with zero attached hydrogens (tertiary/aromatic N) is 4. The number of ketones is 1. The largest absolute Gasteiger partial charge is 0.384 e. The monoisotopic (exact) mass is 600 g/mol. The summed E-state index contributed by atoms with van der Waals surface area (Å²) in [7, 11) is 0. The molecule has 2 heterocycles. The molecule has 0 radical (unpaired) electrons. The van der Waals surface area contributed by atoms with Gasteiger partial charge < -0.3 is 11.1 Å². The Kier molecular flexibility index (Phi) is 7.91. The molecule has 0 bridgehead atoms. The number of aromatic nitrogens is 2. The van der Waals surface area contributed by atoms with E-state index >= 15 is 0 Å². The van der Waals surface area contributed by atoms with Crippen molar-refractivity contribution in [2.75, 3.05) is 16.0 Å². The van der Waals surface area contributed by atoms with Crippen LogP contribution in [0.25, 0.3) is 0 Å². The van der Waals surface area contributed by atoms with Crippen LogP contribution in [0.2, 0.25) is 10.0 Å². The number of anilines is 2. The molecule has 8 nitrogen and oxygen atoms in total. The summed E-state index contributed by atoms with van der Waals surface area (Å²) in [5.41, 5.74) is 8.40. The van der Waals surface area contributed by atoms with E-state index in [0.29, 0.717) is 50.6 Å². The Hall–Kier alpha value is -3.43. The van der Waals surface area contributed by atoms with Crippen molar-refractivity contribution >= 4 is 68.8 Å². The molecule has 2 aromatic carbocycles. The lowest BCUT2D eigenvalue weighted by atomic mass is 9.76. The Morgan fingerprint density at radius 2 is 2.03 bits per heavy atom. The predicted molar refractivity (Wildman–Crippen MR) is 150 cm³/mol. The van der Waals surface area contributed by atoms with E-state index in [9.17, 15) is 19.2 Å². The van der Waals surface area contributed by atoms with Gasteiger partial charge in [0.25, 0.3) is 0 Å². The fourth-order valence-corrected chi connectivity index (χ4v) is 6.68. The Morgan fingerprint density at radius 1 is 1.23 bits per heavy atom. The second-order valence-corrected chi connectivity index (χ2v) is 11.6. The summed E-state index contributed by atoms with van der Waals surface area (Å²) in [4.78, 5) is 27.2. The number of halogens is 3. The third-order valence-corrected chi connectivity index (χ3v) is 9.14. The van der Waals surface area contributed by atoms with Gasteiger partial charge in [-0.15, -0.1) is 10.2 Å².